The van der Waals surface area contributed by atoms with Gasteiger partial charge in [-0.1, -0.05) is 17.8 Å². The van der Waals surface area contributed by atoms with Crippen LogP contribution in [0.15, 0.2) is 52.5 Å². The maximum Gasteiger partial charge on any atom is 0.286 e. The molecule has 1 aliphatic rings. The molecule has 3 rings (SSSR count). The van der Waals surface area contributed by atoms with Crippen molar-refractivity contribution in [2.24, 2.45) is 5.10 Å². The number of phenolic OH excluding ortho intramolecular Hbond substituents is 2. The number of carbonyl (C=O) groups excluding carboxylic acids is 1. The predicted molar refractivity (Wildman–Crippen MR) is 105 cm³/mol. The van der Waals surface area contributed by atoms with E-state index < -0.39 is 0 Å². The van der Waals surface area contributed by atoms with Crippen molar-refractivity contribution in [1.82, 2.24) is 5.01 Å². The Morgan fingerprint density at radius 2 is 1.85 bits per heavy atom. The highest BCUT2D eigenvalue weighted by molar-refractivity contribution is 8.26. The Labute approximate surface area is 159 Å². The zero-order valence-electron chi connectivity index (χ0n) is 13.6. The topological polar surface area (TPSA) is 82.4 Å². The number of methoxy groups -OCH3 is 1. The molecular formula is C18H14N2O4S2. The number of hydrazone groups is 1. The second-order valence-electron chi connectivity index (χ2n) is 5.26. The van der Waals surface area contributed by atoms with E-state index in [4.69, 9.17) is 17.0 Å². The number of carbonyl (C=O) groups is 1. The van der Waals surface area contributed by atoms with Gasteiger partial charge in [0.1, 0.15) is 5.75 Å². The van der Waals surface area contributed by atoms with Crippen LogP contribution < -0.4 is 4.74 Å². The van der Waals surface area contributed by atoms with Crippen molar-refractivity contribution < 1.29 is 19.7 Å². The number of aromatic hydroxyl groups is 2. The first kappa shape index (κ1) is 18.0. The molecule has 0 radical (unpaired) electrons. The summed E-state index contributed by atoms with van der Waals surface area (Å²) in [7, 11) is 1.45. The summed E-state index contributed by atoms with van der Waals surface area (Å²) in [6, 6.07) is 11.2. The minimum absolute atomic E-state index is 0.0238. The number of nitrogens with zero attached hydrogens (tertiary/aromatic N) is 2. The number of thiocarbonyl (C=S) groups is 1. The van der Waals surface area contributed by atoms with E-state index in [1.165, 1.54) is 31.5 Å². The fourth-order valence-electron chi connectivity index (χ4n) is 2.18. The number of rotatable bonds is 4. The second kappa shape index (κ2) is 7.59. The van der Waals surface area contributed by atoms with Gasteiger partial charge in [0, 0.05) is 0 Å². The van der Waals surface area contributed by atoms with E-state index in [2.05, 4.69) is 5.10 Å². The molecule has 0 bridgehead atoms. The van der Waals surface area contributed by atoms with Gasteiger partial charge in [-0.05, 0) is 65.8 Å². The van der Waals surface area contributed by atoms with Gasteiger partial charge in [0.05, 0.1) is 18.2 Å². The average Bonchev–Trinajstić information content (AvgIpc) is 2.89. The molecule has 0 unspecified atom stereocenters. The normalized spacial score (nSPS) is 16.0. The zero-order valence-corrected chi connectivity index (χ0v) is 15.3. The molecule has 0 aliphatic carbocycles. The summed E-state index contributed by atoms with van der Waals surface area (Å²) in [5, 5.41) is 24.2. The van der Waals surface area contributed by atoms with Gasteiger partial charge in [-0.2, -0.15) is 10.1 Å². The lowest BCUT2D eigenvalue weighted by Gasteiger charge is -2.06. The first-order valence-electron chi connectivity index (χ1n) is 7.46. The summed E-state index contributed by atoms with van der Waals surface area (Å²) >= 11 is 6.37. The van der Waals surface area contributed by atoms with E-state index in [1.54, 1.807) is 30.3 Å². The van der Waals surface area contributed by atoms with Crippen LogP contribution >= 0.6 is 24.0 Å². The molecular weight excluding hydrogens is 372 g/mol. The van der Waals surface area contributed by atoms with Gasteiger partial charge in [-0.3, -0.25) is 4.79 Å². The molecule has 0 atom stereocenters. The lowest BCUT2D eigenvalue weighted by Crippen LogP contribution is -2.22. The first-order chi connectivity index (χ1) is 12.5. The Hall–Kier alpha value is -2.84. The van der Waals surface area contributed by atoms with Crippen molar-refractivity contribution >= 4 is 46.5 Å². The number of phenols is 2. The predicted octanol–water partition coefficient (Wildman–Crippen LogP) is 3.34. The Kier molecular flexibility index (Phi) is 5.24. The summed E-state index contributed by atoms with van der Waals surface area (Å²) < 4.78 is 5.39. The third-order valence-corrected chi connectivity index (χ3v) is 4.77. The van der Waals surface area contributed by atoms with Crippen LogP contribution in [-0.2, 0) is 4.79 Å². The standard InChI is InChI=1S/C18H14N2O4S2/c1-24-15-8-12(4-7-14(15)22)9-16-17(23)20(18(25)26-16)19-10-11-2-5-13(21)6-3-11/h2-10,21-22H,1H3/b16-9+,19-10+. The molecule has 2 N–H and O–H groups in total. The van der Waals surface area contributed by atoms with Crippen molar-refractivity contribution in [2.75, 3.05) is 7.11 Å². The minimum Gasteiger partial charge on any atom is -0.508 e. The van der Waals surface area contributed by atoms with Gasteiger partial charge in [-0.25, -0.2) is 0 Å². The van der Waals surface area contributed by atoms with Crippen molar-refractivity contribution in [3.63, 3.8) is 0 Å². The van der Waals surface area contributed by atoms with E-state index in [-0.39, 0.29) is 17.4 Å². The highest BCUT2D eigenvalue weighted by atomic mass is 32.2. The molecule has 26 heavy (non-hydrogen) atoms. The number of ether oxygens (including phenoxy) is 1. The quantitative estimate of drug-likeness (QED) is 0.476. The highest BCUT2D eigenvalue weighted by Gasteiger charge is 2.32. The summed E-state index contributed by atoms with van der Waals surface area (Å²) in [5.74, 6) is 0.164. The van der Waals surface area contributed by atoms with Crippen molar-refractivity contribution in [2.45, 2.75) is 0 Å². The summed E-state index contributed by atoms with van der Waals surface area (Å²) in [6.07, 6.45) is 3.16. The third-order valence-electron chi connectivity index (χ3n) is 3.49. The van der Waals surface area contributed by atoms with E-state index in [1.807, 2.05) is 0 Å². The fraction of sp³-hybridized carbons (Fsp3) is 0.0556. The molecule has 1 aliphatic heterocycles. The van der Waals surface area contributed by atoms with Gasteiger partial charge < -0.3 is 14.9 Å². The zero-order chi connectivity index (χ0) is 18.7. The van der Waals surface area contributed by atoms with Crippen LogP contribution in [0.4, 0.5) is 0 Å². The molecule has 2 aromatic carbocycles. The Morgan fingerprint density at radius 3 is 2.54 bits per heavy atom. The third kappa shape index (κ3) is 3.87. The lowest BCUT2D eigenvalue weighted by atomic mass is 10.2. The van der Waals surface area contributed by atoms with E-state index in [9.17, 15) is 15.0 Å². The molecule has 132 valence electrons. The molecule has 6 nitrogen and oxygen atoms in total. The first-order valence-corrected chi connectivity index (χ1v) is 8.68. The van der Waals surface area contributed by atoms with Crippen LogP contribution in [0.3, 0.4) is 0 Å². The van der Waals surface area contributed by atoms with Gasteiger partial charge in [-0.15, -0.1) is 0 Å². The van der Waals surface area contributed by atoms with E-state index in [0.717, 1.165) is 22.3 Å². The molecule has 1 heterocycles. The highest BCUT2D eigenvalue weighted by Crippen LogP contribution is 2.34. The van der Waals surface area contributed by atoms with Crippen LogP contribution in [0.1, 0.15) is 11.1 Å². The monoisotopic (exact) mass is 386 g/mol. The van der Waals surface area contributed by atoms with Crippen LogP contribution in [0.2, 0.25) is 0 Å². The van der Waals surface area contributed by atoms with E-state index in [0.29, 0.717) is 20.5 Å². The number of thioether (sulfide) groups is 1. The van der Waals surface area contributed by atoms with Crippen LogP contribution in [0.5, 0.6) is 17.2 Å². The fourth-order valence-corrected chi connectivity index (χ4v) is 3.35. The Morgan fingerprint density at radius 1 is 1.15 bits per heavy atom. The van der Waals surface area contributed by atoms with Crippen molar-refractivity contribution in [1.29, 1.82) is 0 Å². The molecule has 1 saturated heterocycles. The Balaban J connectivity index is 1.81. The number of hydrogen-bond acceptors (Lipinski definition) is 7. The van der Waals surface area contributed by atoms with Gasteiger partial charge >= 0.3 is 0 Å². The van der Waals surface area contributed by atoms with Gasteiger partial charge in [0.25, 0.3) is 5.91 Å². The van der Waals surface area contributed by atoms with E-state index >= 15 is 0 Å². The molecule has 8 heteroatoms. The summed E-state index contributed by atoms with van der Waals surface area (Å²) in [5.41, 5.74) is 1.42. The van der Waals surface area contributed by atoms with Crippen LogP contribution in [0, 0.1) is 0 Å². The average molecular weight is 386 g/mol. The number of hydrogen-bond donors (Lipinski definition) is 2. The number of amides is 1. The minimum atomic E-state index is -0.331. The maximum absolute atomic E-state index is 12.5. The van der Waals surface area contributed by atoms with Crippen molar-refractivity contribution in [3.8, 4) is 17.2 Å². The Bertz CT molecular complexity index is 923. The number of benzene rings is 2. The molecule has 2 aromatic rings. The molecule has 1 fully saturated rings. The summed E-state index contributed by atoms with van der Waals surface area (Å²) in [4.78, 5) is 13.0. The smallest absolute Gasteiger partial charge is 0.286 e. The molecule has 0 spiro atoms. The molecule has 0 saturated carbocycles. The summed E-state index contributed by atoms with van der Waals surface area (Å²) in [6.45, 7) is 0. The van der Waals surface area contributed by atoms with Gasteiger partial charge in [0.15, 0.2) is 15.8 Å². The van der Waals surface area contributed by atoms with Crippen molar-refractivity contribution in [3.05, 3.63) is 58.5 Å². The van der Waals surface area contributed by atoms with Crippen LogP contribution in [-0.4, -0.2) is 38.8 Å². The maximum atomic E-state index is 12.5. The van der Waals surface area contributed by atoms with Crippen LogP contribution in [0.25, 0.3) is 6.08 Å². The molecule has 1 amide bonds. The lowest BCUT2D eigenvalue weighted by molar-refractivity contribution is -0.122. The largest absolute Gasteiger partial charge is 0.508 e. The SMILES string of the molecule is COc1cc(/C=C2/SC(=S)N(/N=C/c3ccc(O)cc3)C2=O)ccc1O. The second-order valence-corrected chi connectivity index (χ2v) is 6.94. The van der Waals surface area contributed by atoms with Gasteiger partial charge in [0.2, 0.25) is 0 Å². The molecule has 0 aromatic heterocycles.